The van der Waals surface area contributed by atoms with Crippen molar-refractivity contribution in [2.75, 3.05) is 13.1 Å². The van der Waals surface area contributed by atoms with E-state index >= 15 is 0 Å². The number of amides is 2. The molecule has 1 aliphatic rings. The number of sulfonamides is 1. The molecule has 0 aromatic heterocycles. The molecular weight excluding hydrogens is 424 g/mol. The molecule has 0 fully saturated rings. The molecule has 3 aromatic carbocycles. The Morgan fingerprint density at radius 1 is 0.844 bits per heavy atom. The van der Waals surface area contributed by atoms with Crippen molar-refractivity contribution in [2.45, 2.75) is 23.7 Å². The number of carbonyl (C=O) groups excluding carboxylic acids is 2. The van der Waals surface area contributed by atoms with Gasteiger partial charge in [0.15, 0.2) is 0 Å². The summed E-state index contributed by atoms with van der Waals surface area (Å²) in [6, 6.07) is 26.3. The average Bonchev–Trinajstić information content (AvgIpc) is 3.02. The number of carbonyl (C=O) groups is 2. The van der Waals surface area contributed by atoms with Crippen molar-refractivity contribution in [1.82, 2.24) is 9.62 Å². The van der Waals surface area contributed by atoms with Crippen molar-refractivity contribution in [2.24, 2.45) is 0 Å². The predicted octanol–water partition coefficient (Wildman–Crippen LogP) is 3.56. The molecule has 0 bridgehead atoms. The summed E-state index contributed by atoms with van der Waals surface area (Å²) in [5, 5.41) is 2.87. The van der Waals surface area contributed by atoms with Crippen LogP contribution in [0.15, 0.2) is 89.8 Å². The number of nitrogens with zero attached hydrogens (tertiary/aromatic N) is 1. The van der Waals surface area contributed by atoms with Crippen LogP contribution in [0.5, 0.6) is 0 Å². The second kappa shape index (κ2) is 9.36. The van der Waals surface area contributed by atoms with Crippen LogP contribution in [0.25, 0.3) is 0 Å². The summed E-state index contributed by atoms with van der Waals surface area (Å²) in [5.41, 5.74) is 2.49. The lowest BCUT2D eigenvalue weighted by molar-refractivity contribution is -0.121. The fraction of sp³-hybridized carbons (Fsp3) is 0.200. The van der Waals surface area contributed by atoms with Gasteiger partial charge >= 0.3 is 0 Å². The number of nitrogens with one attached hydrogen (secondary N) is 1. The Bertz CT molecular complexity index is 1170. The van der Waals surface area contributed by atoms with Gasteiger partial charge in [-0.3, -0.25) is 9.59 Å². The van der Waals surface area contributed by atoms with Crippen LogP contribution in [0, 0.1) is 0 Å². The molecule has 3 aromatic rings. The number of hydrogen-bond acceptors (Lipinski definition) is 4. The fourth-order valence-corrected chi connectivity index (χ4v) is 5.57. The molecule has 1 N–H and O–H groups in total. The van der Waals surface area contributed by atoms with Gasteiger partial charge in [-0.2, -0.15) is 0 Å². The van der Waals surface area contributed by atoms with Crippen LogP contribution >= 0.6 is 0 Å². The maximum absolute atomic E-state index is 12.6. The number of benzene rings is 3. The van der Waals surface area contributed by atoms with Crippen LogP contribution in [0.2, 0.25) is 0 Å². The van der Waals surface area contributed by atoms with Crippen LogP contribution in [-0.2, 0) is 14.8 Å². The Morgan fingerprint density at radius 3 is 2.00 bits per heavy atom. The normalized spacial score (nSPS) is 14.4. The van der Waals surface area contributed by atoms with Gasteiger partial charge in [-0.1, -0.05) is 72.8 Å². The van der Waals surface area contributed by atoms with Gasteiger partial charge in [-0.05, 0) is 29.7 Å². The average molecular weight is 449 g/mol. The first-order chi connectivity index (χ1) is 15.5. The lowest BCUT2D eigenvalue weighted by atomic mass is 9.88. The molecule has 4 rings (SSSR count). The highest BCUT2D eigenvalue weighted by Crippen LogP contribution is 2.30. The standard InChI is InChI=1S/C25H24N2O4S/c28-24(16-18-27-25(29)22-13-7-8-14-23(22)32(27,30)31)26-17-15-21(19-9-3-1-4-10-19)20-11-5-2-6-12-20/h1-14,21H,15-18H2,(H,26,28). The third-order valence-corrected chi connectivity index (χ3v) is 7.45. The summed E-state index contributed by atoms with van der Waals surface area (Å²) in [6.07, 6.45) is 0.618. The van der Waals surface area contributed by atoms with Gasteiger partial charge in [0, 0.05) is 25.4 Å². The van der Waals surface area contributed by atoms with Crippen LogP contribution in [0.4, 0.5) is 0 Å². The zero-order chi connectivity index (χ0) is 22.6. The second-order valence-corrected chi connectivity index (χ2v) is 9.47. The van der Waals surface area contributed by atoms with E-state index < -0.39 is 15.9 Å². The molecule has 0 spiro atoms. The molecule has 0 saturated carbocycles. The van der Waals surface area contributed by atoms with E-state index in [0.29, 0.717) is 13.0 Å². The molecule has 0 aliphatic carbocycles. The van der Waals surface area contributed by atoms with E-state index in [0.717, 1.165) is 4.31 Å². The Hall–Kier alpha value is -3.45. The minimum atomic E-state index is -3.89. The van der Waals surface area contributed by atoms with Crippen LogP contribution in [0.3, 0.4) is 0 Å². The third kappa shape index (κ3) is 4.43. The molecule has 0 unspecified atom stereocenters. The van der Waals surface area contributed by atoms with Crippen molar-refractivity contribution in [3.05, 3.63) is 102 Å². The Morgan fingerprint density at radius 2 is 1.41 bits per heavy atom. The molecule has 7 heteroatoms. The zero-order valence-corrected chi connectivity index (χ0v) is 18.3. The second-order valence-electron chi connectivity index (χ2n) is 7.64. The number of rotatable bonds is 8. The number of fused-ring (bicyclic) bond motifs is 1. The van der Waals surface area contributed by atoms with Crippen molar-refractivity contribution in [3.63, 3.8) is 0 Å². The quantitative estimate of drug-likeness (QED) is 0.571. The van der Waals surface area contributed by atoms with Crippen molar-refractivity contribution >= 4 is 21.8 Å². The van der Waals surface area contributed by atoms with Gasteiger partial charge < -0.3 is 5.32 Å². The number of hydrogen-bond donors (Lipinski definition) is 1. The van der Waals surface area contributed by atoms with Crippen LogP contribution < -0.4 is 5.32 Å². The molecule has 32 heavy (non-hydrogen) atoms. The van der Waals surface area contributed by atoms with Gasteiger partial charge in [-0.25, -0.2) is 12.7 Å². The maximum atomic E-state index is 12.6. The predicted molar refractivity (Wildman–Crippen MR) is 122 cm³/mol. The summed E-state index contributed by atoms with van der Waals surface area (Å²) in [6.45, 7) is 0.261. The van der Waals surface area contributed by atoms with Crippen molar-refractivity contribution < 1.29 is 18.0 Å². The highest BCUT2D eigenvalue weighted by atomic mass is 32.2. The lowest BCUT2D eigenvalue weighted by Gasteiger charge is -2.19. The molecule has 6 nitrogen and oxygen atoms in total. The Labute approximate surface area is 187 Å². The van der Waals surface area contributed by atoms with E-state index in [1.165, 1.54) is 23.3 Å². The van der Waals surface area contributed by atoms with Gasteiger partial charge in [0.2, 0.25) is 5.91 Å². The van der Waals surface area contributed by atoms with E-state index in [4.69, 9.17) is 0 Å². The summed E-state index contributed by atoms with van der Waals surface area (Å²) in [4.78, 5) is 24.9. The van der Waals surface area contributed by atoms with Gasteiger partial charge in [-0.15, -0.1) is 0 Å². The first-order valence-corrected chi connectivity index (χ1v) is 11.9. The minimum Gasteiger partial charge on any atom is -0.356 e. The Kier molecular flexibility index (Phi) is 6.37. The van der Waals surface area contributed by atoms with Crippen LogP contribution in [0.1, 0.15) is 40.2 Å². The van der Waals surface area contributed by atoms with E-state index in [9.17, 15) is 18.0 Å². The molecule has 0 atom stereocenters. The van der Waals surface area contributed by atoms with E-state index in [2.05, 4.69) is 29.6 Å². The maximum Gasteiger partial charge on any atom is 0.269 e. The van der Waals surface area contributed by atoms with Gasteiger partial charge in [0.25, 0.3) is 15.9 Å². The van der Waals surface area contributed by atoms with E-state index in [1.807, 2.05) is 36.4 Å². The first kappa shape index (κ1) is 21.8. The smallest absolute Gasteiger partial charge is 0.269 e. The Balaban J connectivity index is 1.35. The highest BCUT2D eigenvalue weighted by molar-refractivity contribution is 7.90. The fourth-order valence-electron chi connectivity index (χ4n) is 4.00. The van der Waals surface area contributed by atoms with Gasteiger partial charge in [0.05, 0.1) is 5.56 Å². The highest BCUT2D eigenvalue weighted by Gasteiger charge is 2.40. The molecular formula is C25H24N2O4S. The molecule has 1 aliphatic heterocycles. The van der Waals surface area contributed by atoms with Crippen molar-refractivity contribution in [3.8, 4) is 0 Å². The van der Waals surface area contributed by atoms with E-state index in [-0.39, 0.29) is 35.2 Å². The van der Waals surface area contributed by atoms with Crippen LogP contribution in [-0.4, -0.2) is 37.6 Å². The first-order valence-electron chi connectivity index (χ1n) is 10.5. The largest absolute Gasteiger partial charge is 0.356 e. The third-order valence-electron chi connectivity index (χ3n) is 5.61. The zero-order valence-electron chi connectivity index (χ0n) is 17.5. The lowest BCUT2D eigenvalue weighted by Crippen LogP contribution is -2.35. The monoisotopic (exact) mass is 448 g/mol. The van der Waals surface area contributed by atoms with E-state index in [1.54, 1.807) is 12.1 Å². The molecule has 0 saturated heterocycles. The summed E-state index contributed by atoms with van der Waals surface area (Å²) in [7, 11) is -3.89. The summed E-state index contributed by atoms with van der Waals surface area (Å²) >= 11 is 0. The molecule has 0 radical (unpaired) electrons. The minimum absolute atomic E-state index is 0.000952. The molecule has 1 heterocycles. The van der Waals surface area contributed by atoms with Crippen molar-refractivity contribution in [1.29, 1.82) is 0 Å². The SMILES string of the molecule is O=C(CCN1C(=O)c2ccccc2S1(=O)=O)NCCC(c1ccccc1)c1ccccc1. The molecule has 2 amide bonds. The summed E-state index contributed by atoms with van der Waals surface area (Å²) in [5.74, 6) is -0.738. The summed E-state index contributed by atoms with van der Waals surface area (Å²) < 4.78 is 26.0. The molecule has 164 valence electrons. The topological polar surface area (TPSA) is 83.6 Å². The van der Waals surface area contributed by atoms with Gasteiger partial charge in [0.1, 0.15) is 4.90 Å².